The average molecular weight is 1360 g/mol. The van der Waals surface area contributed by atoms with Crippen LogP contribution in [0.15, 0.2) is 24.3 Å². The Kier molecular flexibility index (Phi) is 53.3. The number of amides is 1. The van der Waals surface area contributed by atoms with Crippen LogP contribution in [-0.2, 0) is 33.2 Å². The highest BCUT2D eigenvalue weighted by Crippen LogP contribution is 2.33. The van der Waals surface area contributed by atoms with Crippen LogP contribution >= 0.6 is 0 Å². The van der Waals surface area contributed by atoms with E-state index in [2.05, 4.69) is 31.3 Å². The minimum atomic E-state index is -1.98. The molecule has 3 aliphatic heterocycles. The van der Waals surface area contributed by atoms with Crippen LogP contribution in [0.25, 0.3) is 0 Å². The van der Waals surface area contributed by atoms with E-state index in [0.717, 1.165) is 51.4 Å². The molecule has 3 fully saturated rings. The zero-order valence-corrected chi connectivity index (χ0v) is 59.7. The number of rotatable bonds is 62. The Morgan fingerprint density at radius 2 is 0.663 bits per heavy atom. The largest absolute Gasteiger partial charge is 0.394 e. The summed E-state index contributed by atoms with van der Waals surface area (Å²) in [5.74, 6) is -0.273. The number of carbonyl (C=O) groups is 1. The van der Waals surface area contributed by atoms with Gasteiger partial charge in [0.25, 0.3) is 0 Å². The predicted molar refractivity (Wildman–Crippen MR) is 374 cm³/mol. The Morgan fingerprint density at radius 1 is 0.368 bits per heavy atom. The van der Waals surface area contributed by atoms with Gasteiger partial charge in [-0.2, -0.15) is 0 Å². The summed E-state index contributed by atoms with van der Waals surface area (Å²) < 4.78 is 34.4. The third kappa shape index (κ3) is 38.8. The van der Waals surface area contributed by atoms with Crippen molar-refractivity contribution in [3.63, 3.8) is 0 Å². The van der Waals surface area contributed by atoms with E-state index in [-0.39, 0.29) is 18.9 Å². The molecule has 95 heavy (non-hydrogen) atoms. The lowest BCUT2D eigenvalue weighted by molar-refractivity contribution is -0.379. The quantitative estimate of drug-likeness (QED) is 0.0199. The molecule has 3 aliphatic rings. The topological polar surface area (TPSA) is 307 Å². The highest BCUT2D eigenvalue weighted by molar-refractivity contribution is 5.76. The van der Waals surface area contributed by atoms with E-state index >= 15 is 0 Å². The minimum absolute atomic E-state index is 0.243. The maximum atomic E-state index is 13.4. The standard InChI is InChI=1S/C76H143NO18/c1-3-5-7-9-11-13-15-17-19-21-23-24-25-26-27-28-29-30-31-32-33-34-36-37-39-41-43-45-47-49-51-53-60(81)59(77-64(82)54-52-50-48-46-44-42-40-38-35-22-20-18-16-14-12-10-8-6-4-2)58-90-74-70(88)67(85)72(62(56-79)92-74)95-76-71(89)68(86)73(63(57-80)93-76)94-75-69(87)66(84)65(83)61(55-78)91-75/h18,20,51,53,59-63,65-76,78-81,83-89H,3-17,19,21-50,52,54-58H2,1-2H3,(H,77,82)/b20-18-,53-51+. The molecule has 17 unspecified atom stereocenters. The third-order valence-electron chi connectivity index (χ3n) is 19.7. The van der Waals surface area contributed by atoms with Gasteiger partial charge in [-0.05, 0) is 44.9 Å². The molecule has 560 valence electrons. The van der Waals surface area contributed by atoms with E-state index in [0.29, 0.717) is 6.42 Å². The second-order valence-corrected chi connectivity index (χ2v) is 28.2. The van der Waals surface area contributed by atoms with Gasteiger partial charge < -0.3 is 89.9 Å². The lowest BCUT2D eigenvalue weighted by Gasteiger charge is -2.48. The van der Waals surface area contributed by atoms with E-state index in [9.17, 15) is 61.0 Å². The number of hydrogen-bond donors (Lipinski definition) is 12. The Bertz CT molecular complexity index is 1810. The SMILES string of the molecule is CCCCCCCC/C=C\CCCCCCCCCCCC(=O)NC(COC1OC(CO)C(OC2OC(CO)C(OC3OC(CO)C(O)C(O)C3O)C(O)C2O)C(O)C1O)C(O)/C=C/CCCCCCCCCCCCCCCCCCCCCCCCCCCCCCC. The fourth-order valence-corrected chi connectivity index (χ4v) is 13.4. The van der Waals surface area contributed by atoms with Crippen LogP contribution in [-0.4, -0.2) is 193 Å². The molecule has 19 heteroatoms. The number of nitrogens with one attached hydrogen (secondary N) is 1. The zero-order valence-electron chi connectivity index (χ0n) is 59.7. The van der Waals surface area contributed by atoms with E-state index in [4.69, 9.17) is 28.4 Å². The van der Waals surface area contributed by atoms with Gasteiger partial charge in [0, 0.05) is 6.42 Å². The van der Waals surface area contributed by atoms with E-state index in [1.807, 2.05) is 6.08 Å². The van der Waals surface area contributed by atoms with Gasteiger partial charge in [0.05, 0.1) is 38.6 Å². The lowest BCUT2D eigenvalue weighted by Crippen LogP contribution is -2.66. The summed E-state index contributed by atoms with van der Waals surface area (Å²) in [5.41, 5.74) is 0. The third-order valence-corrected chi connectivity index (χ3v) is 19.7. The van der Waals surface area contributed by atoms with Crippen molar-refractivity contribution in [3.05, 3.63) is 24.3 Å². The van der Waals surface area contributed by atoms with Gasteiger partial charge in [0.1, 0.15) is 73.2 Å². The van der Waals surface area contributed by atoms with Crippen LogP contribution in [0.1, 0.15) is 322 Å². The molecule has 3 rings (SSSR count). The van der Waals surface area contributed by atoms with Crippen molar-refractivity contribution < 1.29 is 89.4 Å². The Hall–Kier alpha value is -1.73. The smallest absolute Gasteiger partial charge is 0.220 e. The summed E-state index contributed by atoms with van der Waals surface area (Å²) >= 11 is 0. The van der Waals surface area contributed by atoms with Gasteiger partial charge in [-0.25, -0.2) is 0 Å². The first-order valence-electron chi connectivity index (χ1n) is 39.1. The molecular weight excluding hydrogens is 1210 g/mol. The van der Waals surface area contributed by atoms with Crippen molar-refractivity contribution in [1.82, 2.24) is 5.32 Å². The average Bonchev–Trinajstić information content (AvgIpc) is 0.787. The first-order chi connectivity index (χ1) is 46.3. The van der Waals surface area contributed by atoms with Gasteiger partial charge in [-0.15, -0.1) is 0 Å². The molecule has 3 saturated heterocycles. The van der Waals surface area contributed by atoms with E-state index in [1.165, 1.54) is 244 Å². The van der Waals surface area contributed by atoms with Crippen LogP contribution in [0.3, 0.4) is 0 Å². The zero-order chi connectivity index (χ0) is 68.9. The highest BCUT2D eigenvalue weighted by Gasteiger charge is 2.53. The summed E-state index contributed by atoms with van der Waals surface area (Å²) in [4.78, 5) is 13.4. The molecule has 0 aromatic carbocycles. The number of aliphatic hydroxyl groups excluding tert-OH is 11. The monoisotopic (exact) mass is 1360 g/mol. The molecule has 0 aliphatic carbocycles. The highest BCUT2D eigenvalue weighted by atomic mass is 16.8. The normalized spacial score (nSPS) is 27.3. The summed E-state index contributed by atoms with van der Waals surface area (Å²) in [5, 5.41) is 121. The van der Waals surface area contributed by atoms with E-state index < -0.39 is 124 Å². The lowest BCUT2D eigenvalue weighted by atomic mass is 9.96. The molecule has 17 atom stereocenters. The summed E-state index contributed by atoms with van der Waals surface area (Å²) in [6, 6.07) is -0.974. The van der Waals surface area contributed by atoms with Gasteiger partial charge in [-0.3, -0.25) is 4.79 Å². The minimum Gasteiger partial charge on any atom is -0.394 e. The first-order valence-corrected chi connectivity index (χ1v) is 39.1. The number of ether oxygens (including phenoxy) is 6. The van der Waals surface area contributed by atoms with Crippen molar-refractivity contribution >= 4 is 5.91 Å². The molecule has 19 nitrogen and oxygen atoms in total. The number of carbonyl (C=O) groups excluding carboxylic acids is 1. The van der Waals surface area contributed by atoms with Gasteiger partial charge in [0.15, 0.2) is 18.9 Å². The van der Waals surface area contributed by atoms with Crippen molar-refractivity contribution in [2.45, 2.75) is 426 Å². The van der Waals surface area contributed by atoms with Crippen molar-refractivity contribution in [2.24, 2.45) is 0 Å². The van der Waals surface area contributed by atoms with Gasteiger partial charge in [0.2, 0.25) is 5.91 Å². The fraction of sp³-hybridized carbons (Fsp3) is 0.934. The molecule has 0 aromatic rings. The second kappa shape index (κ2) is 57.8. The van der Waals surface area contributed by atoms with Gasteiger partial charge in [-0.1, -0.05) is 295 Å². The molecule has 1 amide bonds. The van der Waals surface area contributed by atoms with Crippen LogP contribution < -0.4 is 5.32 Å². The number of allylic oxidation sites excluding steroid dienone is 3. The van der Waals surface area contributed by atoms with Crippen LogP contribution in [0, 0.1) is 0 Å². The number of unbranched alkanes of at least 4 members (excludes halogenated alkanes) is 44. The molecule has 0 aromatic heterocycles. The number of aliphatic hydroxyl groups is 11. The molecule has 0 spiro atoms. The maximum absolute atomic E-state index is 13.4. The predicted octanol–water partition coefficient (Wildman–Crippen LogP) is 12.2. The molecule has 0 bridgehead atoms. The Morgan fingerprint density at radius 3 is 1.02 bits per heavy atom. The molecule has 0 radical (unpaired) electrons. The van der Waals surface area contributed by atoms with E-state index in [1.54, 1.807) is 6.08 Å². The fourth-order valence-electron chi connectivity index (χ4n) is 13.4. The van der Waals surface area contributed by atoms with Crippen molar-refractivity contribution in [1.29, 1.82) is 0 Å². The summed E-state index contributed by atoms with van der Waals surface area (Å²) in [6.07, 6.45) is 41.7. The van der Waals surface area contributed by atoms with Crippen LogP contribution in [0.2, 0.25) is 0 Å². The van der Waals surface area contributed by atoms with Crippen molar-refractivity contribution in [3.8, 4) is 0 Å². The number of hydrogen-bond acceptors (Lipinski definition) is 18. The maximum Gasteiger partial charge on any atom is 0.220 e. The summed E-state index contributed by atoms with van der Waals surface area (Å²) in [7, 11) is 0. The van der Waals surface area contributed by atoms with Gasteiger partial charge >= 0.3 is 0 Å². The molecule has 3 heterocycles. The summed E-state index contributed by atoms with van der Waals surface area (Å²) in [6.45, 7) is 1.78. The molecular formula is C76H143NO18. The second-order valence-electron chi connectivity index (χ2n) is 28.2. The van der Waals surface area contributed by atoms with Crippen LogP contribution in [0.4, 0.5) is 0 Å². The Balaban J connectivity index is 1.38. The first kappa shape index (κ1) is 87.5. The molecule has 12 N–H and O–H groups in total. The van der Waals surface area contributed by atoms with Crippen molar-refractivity contribution in [2.75, 3.05) is 26.4 Å². The van der Waals surface area contributed by atoms with Crippen LogP contribution in [0.5, 0.6) is 0 Å². The molecule has 0 saturated carbocycles. The Labute approximate surface area is 575 Å².